The summed E-state index contributed by atoms with van der Waals surface area (Å²) in [6.07, 6.45) is 6.63. The number of anilines is 1. The molecule has 0 aliphatic carbocycles. The van der Waals surface area contributed by atoms with Gasteiger partial charge in [0.2, 0.25) is 0 Å². The minimum absolute atomic E-state index is 0.136. The zero-order valence-corrected chi connectivity index (χ0v) is 19.8. The molecule has 3 aromatic rings. The molecule has 0 spiro atoms. The van der Waals surface area contributed by atoms with Gasteiger partial charge in [-0.05, 0) is 37.7 Å². The number of unbranched alkanes of at least 4 members (excludes halogenated alkanes) is 3. The van der Waals surface area contributed by atoms with E-state index in [1.807, 2.05) is 18.2 Å². The first-order valence-corrected chi connectivity index (χ1v) is 12.3. The lowest BCUT2D eigenvalue weighted by molar-refractivity contribution is -0.183. The lowest BCUT2D eigenvalue weighted by Crippen LogP contribution is -2.32. The van der Waals surface area contributed by atoms with Gasteiger partial charge in [-0.2, -0.15) is 0 Å². The Morgan fingerprint density at radius 2 is 1.65 bits per heavy atom. The first-order valence-electron chi connectivity index (χ1n) is 12.3. The highest BCUT2D eigenvalue weighted by molar-refractivity contribution is 5.79. The Labute approximate surface area is 200 Å². The molecule has 0 saturated heterocycles. The molecule has 0 N–H and O–H groups in total. The Kier molecular flexibility index (Phi) is 8.23. The fraction of sp³-hybridized carbons (Fsp3) is 0.393. The third kappa shape index (κ3) is 5.79. The number of carbonyl (C=O) groups is 1. The highest BCUT2D eigenvalue weighted by Crippen LogP contribution is 2.34. The monoisotopic (exact) mass is 461 g/mol. The minimum Gasteiger partial charge on any atom is -0.355 e. The number of carbonyl (C=O) groups excluding carboxylic acids is 1. The van der Waals surface area contributed by atoms with Crippen molar-refractivity contribution in [3.05, 3.63) is 65.9 Å². The summed E-state index contributed by atoms with van der Waals surface area (Å²) in [5.74, 6) is 0.204. The van der Waals surface area contributed by atoms with E-state index in [-0.39, 0.29) is 6.42 Å². The SMILES string of the molecule is CCc1ccc(-c2nc3c(nc2-c2ccccc2)CCCN3CCCCCCC(=O)OF)cc1. The highest BCUT2D eigenvalue weighted by atomic mass is 19.3. The molecule has 5 nitrogen and oxygen atoms in total. The summed E-state index contributed by atoms with van der Waals surface area (Å²) in [5.41, 5.74) is 6.38. The van der Waals surface area contributed by atoms with Gasteiger partial charge in [0, 0.05) is 35.2 Å². The molecular weight excluding hydrogens is 429 g/mol. The largest absolute Gasteiger partial charge is 0.355 e. The second-order valence-corrected chi connectivity index (χ2v) is 8.81. The molecule has 0 atom stereocenters. The zero-order chi connectivity index (χ0) is 23.8. The molecule has 0 radical (unpaired) electrons. The van der Waals surface area contributed by atoms with Crippen LogP contribution >= 0.6 is 0 Å². The van der Waals surface area contributed by atoms with Crippen LogP contribution < -0.4 is 4.90 Å². The highest BCUT2D eigenvalue weighted by Gasteiger charge is 2.23. The summed E-state index contributed by atoms with van der Waals surface area (Å²) in [4.78, 5) is 26.9. The van der Waals surface area contributed by atoms with Gasteiger partial charge in [0.05, 0.1) is 17.1 Å². The van der Waals surface area contributed by atoms with Crippen molar-refractivity contribution in [1.29, 1.82) is 0 Å². The van der Waals surface area contributed by atoms with E-state index in [4.69, 9.17) is 9.97 Å². The second-order valence-electron chi connectivity index (χ2n) is 8.81. The summed E-state index contributed by atoms with van der Waals surface area (Å²) >= 11 is 0. The predicted molar refractivity (Wildman–Crippen MR) is 133 cm³/mol. The molecule has 0 fully saturated rings. The second kappa shape index (κ2) is 11.7. The van der Waals surface area contributed by atoms with E-state index in [2.05, 4.69) is 53.2 Å². The normalized spacial score (nSPS) is 12.9. The lowest BCUT2D eigenvalue weighted by Gasteiger charge is -2.30. The van der Waals surface area contributed by atoms with Crippen molar-refractivity contribution >= 4 is 11.8 Å². The van der Waals surface area contributed by atoms with E-state index in [9.17, 15) is 9.32 Å². The van der Waals surface area contributed by atoms with Crippen LogP contribution in [0.3, 0.4) is 0 Å². The number of benzene rings is 2. The van der Waals surface area contributed by atoms with Gasteiger partial charge in [-0.15, -0.1) is 0 Å². The van der Waals surface area contributed by atoms with Gasteiger partial charge in [0.15, 0.2) is 5.82 Å². The van der Waals surface area contributed by atoms with Gasteiger partial charge in [-0.3, -0.25) is 4.94 Å². The van der Waals surface area contributed by atoms with E-state index in [0.29, 0.717) is 6.42 Å². The molecule has 4 rings (SSSR count). The Morgan fingerprint density at radius 3 is 2.38 bits per heavy atom. The zero-order valence-electron chi connectivity index (χ0n) is 19.8. The van der Waals surface area contributed by atoms with Crippen molar-refractivity contribution in [3.63, 3.8) is 0 Å². The molecular formula is C28H32FN3O2. The minimum atomic E-state index is -0.783. The summed E-state index contributed by atoms with van der Waals surface area (Å²) in [6, 6.07) is 18.9. The molecule has 178 valence electrons. The lowest BCUT2D eigenvalue weighted by atomic mass is 10.0. The number of aromatic nitrogens is 2. The third-order valence-corrected chi connectivity index (χ3v) is 6.42. The smallest absolute Gasteiger partial charge is 0.348 e. The van der Waals surface area contributed by atoms with E-state index < -0.39 is 5.97 Å². The Morgan fingerprint density at radius 1 is 0.941 bits per heavy atom. The first-order chi connectivity index (χ1) is 16.7. The number of hydrogen-bond acceptors (Lipinski definition) is 5. The summed E-state index contributed by atoms with van der Waals surface area (Å²) in [5, 5.41) is 0. The van der Waals surface area contributed by atoms with Crippen molar-refractivity contribution in [2.75, 3.05) is 18.0 Å². The van der Waals surface area contributed by atoms with E-state index >= 15 is 0 Å². The third-order valence-electron chi connectivity index (χ3n) is 6.42. The molecule has 6 heteroatoms. The van der Waals surface area contributed by atoms with Gasteiger partial charge in [0.1, 0.15) is 0 Å². The number of nitrogens with zero attached hydrogens (tertiary/aromatic N) is 3. The molecule has 0 saturated carbocycles. The first kappa shape index (κ1) is 23.9. The van der Waals surface area contributed by atoms with E-state index in [1.54, 1.807) is 0 Å². The molecule has 2 aromatic carbocycles. The van der Waals surface area contributed by atoms with Gasteiger partial charge in [0.25, 0.3) is 0 Å². The Bertz CT molecular complexity index is 1090. The topological polar surface area (TPSA) is 55.3 Å². The van der Waals surface area contributed by atoms with Crippen molar-refractivity contribution < 1.29 is 14.3 Å². The quantitative estimate of drug-likeness (QED) is 0.322. The van der Waals surface area contributed by atoms with E-state index in [0.717, 1.165) is 85.6 Å². The molecule has 34 heavy (non-hydrogen) atoms. The number of aryl methyl sites for hydroxylation is 2. The van der Waals surface area contributed by atoms with Crippen LogP contribution in [-0.2, 0) is 22.6 Å². The van der Waals surface area contributed by atoms with Gasteiger partial charge < -0.3 is 4.90 Å². The van der Waals surface area contributed by atoms with Crippen molar-refractivity contribution in [3.8, 4) is 22.5 Å². The average Bonchev–Trinajstić information content (AvgIpc) is 2.90. The average molecular weight is 462 g/mol. The van der Waals surface area contributed by atoms with Crippen LogP contribution in [0.1, 0.15) is 56.7 Å². The maximum Gasteiger partial charge on any atom is 0.348 e. The number of halogens is 1. The molecule has 1 aliphatic rings. The van der Waals surface area contributed by atoms with Crippen LogP contribution in [0.4, 0.5) is 10.3 Å². The van der Waals surface area contributed by atoms with Crippen LogP contribution in [0, 0.1) is 0 Å². The molecule has 0 unspecified atom stereocenters. The maximum atomic E-state index is 11.8. The van der Waals surface area contributed by atoms with Gasteiger partial charge in [-0.25, -0.2) is 14.8 Å². The standard InChI is InChI=1S/C28H32FN3O2/c1-2-21-15-17-23(18-16-21)27-26(22-11-6-5-7-12-22)30-24-13-10-20-32(28(24)31-27)19-9-4-3-8-14-25(33)34-29/h5-7,11-12,15-18H,2-4,8-10,13-14,19-20H2,1H3. The molecule has 1 aliphatic heterocycles. The summed E-state index contributed by atoms with van der Waals surface area (Å²) < 4.78 is 11.8. The Hall–Kier alpha value is -3.28. The summed E-state index contributed by atoms with van der Waals surface area (Å²) in [7, 11) is 0. The van der Waals surface area contributed by atoms with Crippen LogP contribution in [0.15, 0.2) is 54.6 Å². The van der Waals surface area contributed by atoms with Crippen LogP contribution in [0.5, 0.6) is 0 Å². The van der Waals surface area contributed by atoms with Crippen molar-refractivity contribution in [2.45, 2.75) is 58.3 Å². The number of rotatable bonds is 10. The molecule has 1 aromatic heterocycles. The van der Waals surface area contributed by atoms with E-state index in [1.165, 1.54) is 5.56 Å². The van der Waals surface area contributed by atoms with Crippen LogP contribution in [0.25, 0.3) is 22.5 Å². The van der Waals surface area contributed by atoms with Gasteiger partial charge in [-0.1, -0.05) is 74.4 Å². The molecule has 0 bridgehead atoms. The van der Waals surface area contributed by atoms with Crippen molar-refractivity contribution in [2.24, 2.45) is 0 Å². The molecule has 0 amide bonds. The fourth-order valence-corrected chi connectivity index (χ4v) is 4.50. The molecule has 2 heterocycles. The van der Waals surface area contributed by atoms with Crippen LogP contribution in [0.2, 0.25) is 0 Å². The van der Waals surface area contributed by atoms with Crippen LogP contribution in [-0.4, -0.2) is 29.0 Å². The number of hydrogen-bond donors (Lipinski definition) is 0. The van der Waals surface area contributed by atoms with Crippen molar-refractivity contribution in [1.82, 2.24) is 9.97 Å². The Balaban J connectivity index is 1.57. The van der Waals surface area contributed by atoms with Gasteiger partial charge >= 0.3 is 5.97 Å². The summed E-state index contributed by atoms with van der Waals surface area (Å²) in [6.45, 7) is 4.02. The fourth-order valence-electron chi connectivity index (χ4n) is 4.50. The number of fused-ring (bicyclic) bond motifs is 1. The predicted octanol–water partition coefficient (Wildman–Crippen LogP) is 6.50. The maximum absolute atomic E-state index is 11.8.